The highest BCUT2D eigenvalue weighted by molar-refractivity contribution is 6.89. The van der Waals surface area contributed by atoms with Gasteiger partial charge in [-0.15, -0.1) is 0 Å². The number of hydrogen-bond donors (Lipinski definition) is 1. The van der Waals surface area contributed by atoms with Crippen molar-refractivity contribution in [3.05, 3.63) is 30.3 Å². The lowest BCUT2D eigenvalue weighted by Crippen LogP contribution is -2.41. The van der Waals surface area contributed by atoms with Crippen LogP contribution in [0.3, 0.4) is 0 Å². The fraction of sp³-hybridized carbons (Fsp3) is 0.417. The summed E-state index contributed by atoms with van der Waals surface area (Å²) in [5, 5.41) is 1.45. The number of benzene rings is 1. The molecule has 0 heterocycles. The Kier molecular flexibility index (Phi) is 4.09. The largest absolute Gasteiger partial charge is 0.370 e. The number of carbonyl (C=O) groups excluding carboxylic acids is 1. The number of hydrogen-bond acceptors (Lipinski definition) is 1. The van der Waals surface area contributed by atoms with Crippen molar-refractivity contribution in [3.8, 4) is 0 Å². The third-order valence-corrected chi connectivity index (χ3v) is 6.28. The first-order chi connectivity index (χ1) is 7.02. The van der Waals surface area contributed by atoms with E-state index in [1.54, 1.807) is 0 Å². The Bertz CT molecular complexity index is 322. The molecule has 0 aliphatic heterocycles. The first kappa shape index (κ1) is 12.0. The zero-order chi connectivity index (χ0) is 11.3. The molecule has 3 heteroatoms. The summed E-state index contributed by atoms with van der Waals surface area (Å²) in [4.78, 5) is 10.7. The van der Waals surface area contributed by atoms with Crippen LogP contribution in [0.1, 0.15) is 12.8 Å². The van der Waals surface area contributed by atoms with E-state index < -0.39 is 8.07 Å². The lowest BCUT2D eigenvalue weighted by molar-refractivity contribution is -0.118. The zero-order valence-electron chi connectivity index (χ0n) is 9.49. The van der Waals surface area contributed by atoms with Crippen LogP contribution in [-0.4, -0.2) is 14.0 Å². The average Bonchev–Trinajstić information content (AvgIpc) is 2.18. The molecule has 0 aliphatic rings. The Labute approximate surface area is 92.5 Å². The summed E-state index contributed by atoms with van der Waals surface area (Å²) in [6.07, 6.45) is 1.44. The lowest BCUT2D eigenvalue weighted by atomic mass is 10.3. The monoisotopic (exact) mass is 221 g/mol. The minimum Gasteiger partial charge on any atom is -0.370 e. The maximum Gasteiger partial charge on any atom is 0.217 e. The minimum absolute atomic E-state index is 0.187. The number of nitrogens with two attached hydrogens (primary N) is 1. The van der Waals surface area contributed by atoms with Crippen molar-refractivity contribution in [2.24, 2.45) is 5.73 Å². The summed E-state index contributed by atoms with van der Waals surface area (Å²) in [6.45, 7) is 4.67. The molecule has 0 radical (unpaired) electrons. The van der Waals surface area contributed by atoms with Crippen LogP contribution in [0.4, 0.5) is 0 Å². The van der Waals surface area contributed by atoms with Gasteiger partial charge in [0.2, 0.25) is 5.91 Å². The average molecular weight is 221 g/mol. The Hall–Kier alpha value is -1.09. The van der Waals surface area contributed by atoms with E-state index in [1.165, 1.54) is 5.19 Å². The number of primary amides is 1. The summed E-state index contributed by atoms with van der Waals surface area (Å²) >= 11 is 0. The predicted molar refractivity (Wildman–Crippen MR) is 66.8 cm³/mol. The van der Waals surface area contributed by atoms with Crippen molar-refractivity contribution in [1.82, 2.24) is 0 Å². The Morgan fingerprint density at radius 2 is 1.87 bits per heavy atom. The summed E-state index contributed by atoms with van der Waals surface area (Å²) in [6, 6.07) is 11.7. The normalized spacial score (nSPS) is 11.3. The maximum atomic E-state index is 10.7. The highest BCUT2D eigenvalue weighted by Gasteiger charge is 2.22. The van der Waals surface area contributed by atoms with Crippen LogP contribution in [0.25, 0.3) is 0 Å². The third kappa shape index (κ3) is 3.87. The fourth-order valence-electron chi connectivity index (χ4n) is 1.74. The van der Waals surface area contributed by atoms with Gasteiger partial charge >= 0.3 is 0 Å². The van der Waals surface area contributed by atoms with Gasteiger partial charge in [0.15, 0.2) is 0 Å². The predicted octanol–water partition coefficient (Wildman–Crippen LogP) is 1.87. The van der Waals surface area contributed by atoms with Crippen molar-refractivity contribution >= 4 is 19.2 Å². The second-order valence-corrected chi connectivity index (χ2v) is 9.41. The molecule has 1 aromatic carbocycles. The van der Waals surface area contributed by atoms with E-state index in [9.17, 15) is 4.79 Å². The van der Waals surface area contributed by atoms with E-state index in [0.717, 1.165) is 12.5 Å². The Balaban J connectivity index is 2.56. The summed E-state index contributed by atoms with van der Waals surface area (Å²) < 4.78 is 0. The van der Waals surface area contributed by atoms with Gasteiger partial charge in [-0.2, -0.15) is 0 Å². The molecule has 0 bridgehead atoms. The van der Waals surface area contributed by atoms with Crippen molar-refractivity contribution in [2.75, 3.05) is 0 Å². The molecule has 1 amide bonds. The molecule has 1 aromatic rings. The highest BCUT2D eigenvalue weighted by atomic mass is 28.3. The van der Waals surface area contributed by atoms with Crippen LogP contribution in [0.2, 0.25) is 19.1 Å². The first-order valence-corrected chi connectivity index (χ1v) is 8.57. The van der Waals surface area contributed by atoms with E-state index in [0.29, 0.717) is 6.42 Å². The molecule has 2 N–H and O–H groups in total. The second kappa shape index (κ2) is 5.12. The number of rotatable bonds is 5. The fourth-order valence-corrected chi connectivity index (χ4v) is 4.18. The van der Waals surface area contributed by atoms with Gasteiger partial charge in [0, 0.05) is 6.42 Å². The van der Waals surface area contributed by atoms with Gasteiger partial charge in [-0.1, -0.05) is 54.7 Å². The Morgan fingerprint density at radius 1 is 1.27 bits per heavy atom. The lowest BCUT2D eigenvalue weighted by Gasteiger charge is -2.22. The molecule has 1 rings (SSSR count). The van der Waals surface area contributed by atoms with E-state index in [1.807, 2.05) is 6.07 Å². The number of carbonyl (C=O) groups is 1. The van der Waals surface area contributed by atoms with Gasteiger partial charge in [-0.25, -0.2) is 0 Å². The molecule has 0 saturated carbocycles. The van der Waals surface area contributed by atoms with Crippen LogP contribution in [0, 0.1) is 0 Å². The molecule has 0 aromatic heterocycles. The van der Waals surface area contributed by atoms with E-state index in [2.05, 4.69) is 37.4 Å². The SMILES string of the molecule is C[Si](C)(CCCC(N)=O)c1ccccc1. The van der Waals surface area contributed by atoms with Crippen molar-refractivity contribution in [3.63, 3.8) is 0 Å². The van der Waals surface area contributed by atoms with E-state index in [-0.39, 0.29) is 5.91 Å². The zero-order valence-corrected chi connectivity index (χ0v) is 10.5. The van der Waals surface area contributed by atoms with Crippen LogP contribution >= 0.6 is 0 Å². The third-order valence-electron chi connectivity index (χ3n) is 2.78. The van der Waals surface area contributed by atoms with E-state index >= 15 is 0 Å². The maximum absolute atomic E-state index is 10.7. The molecule has 0 unspecified atom stereocenters. The van der Waals surface area contributed by atoms with Crippen molar-refractivity contribution in [1.29, 1.82) is 0 Å². The molecule has 0 aliphatic carbocycles. The smallest absolute Gasteiger partial charge is 0.217 e. The van der Waals surface area contributed by atoms with Gasteiger partial charge in [-0.3, -0.25) is 4.79 Å². The Morgan fingerprint density at radius 3 is 2.40 bits per heavy atom. The highest BCUT2D eigenvalue weighted by Crippen LogP contribution is 2.13. The summed E-state index contributed by atoms with van der Waals surface area (Å²) in [5.74, 6) is -0.187. The molecule has 0 fully saturated rings. The topological polar surface area (TPSA) is 43.1 Å². The molecule has 2 nitrogen and oxygen atoms in total. The van der Waals surface area contributed by atoms with Gasteiger partial charge in [0.05, 0.1) is 8.07 Å². The van der Waals surface area contributed by atoms with E-state index in [4.69, 9.17) is 5.73 Å². The second-order valence-electron chi connectivity index (χ2n) is 4.57. The van der Waals surface area contributed by atoms with Gasteiger partial charge in [0.1, 0.15) is 0 Å². The quantitative estimate of drug-likeness (QED) is 0.758. The summed E-state index contributed by atoms with van der Waals surface area (Å²) in [5.41, 5.74) is 5.14. The summed E-state index contributed by atoms with van der Waals surface area (Å²) in [7, 11) is -1.35. The van der Waals surface area contributed by atoms with Crippen LogP contribution in [0.15, 0.2) is 30.3 Å². The van der Waals surface area contributed by atoms with Gasteiger partial charge in [-0.05, 0) is 6.42 Å². The molecule has 15 heavy (non-hydrogen) atoms. The first-order valence-electron chi connectivity index (χ1n) is 5.36. The molecule has 0 spiro atoms. The van der Waals surface area contributed by atoms with Crippen molar-refractivity contribution < 1.29 is 4.79 Å². The standard InChI is InChI=1S/C12H19NOSi/c1-15(2,10-6-9-12(13)14)11-7-4-3-5-8-11/h3-5,7-8H,6,9-10H2,1-2H3,(H2,13,14). The molecular formula is C12H19NOSi. The molecule has 0 saturated heterocycles. The molecular weight excluding hydrogens is 202 g/mol. The van der Waals surface area contributed by atoms with Crippen LogP contribution < -0.4 is 10.9 Å². The van der Waals surface area contributed by atoms with Crippen LogP contribution in [-0.2, 0) is 4.79 Å². The van der Waals surface area contributed by atoms with Gasteiger partial charge < -0.3 is 5.73 Å². The molecule has 0 atom stereocenters. The van der Waals surface area contributed by atoms with Crippen molar-refractivity contribution in [2.45, 2.75) is 32.0 Å². The van der Waals surface area contributed by atoms with Gasteiger partial charge in [0.25, 0.3) is 0 Å². The minimum atomic E-state index is -1.35. The van der Waals surface area contributed by atoms with Crippen LogP contribution in [0.5, 0.6) is 0 Å². The number of amides is 1. The molecule has 82 valence electrons.